The molecule has 1 fully saturated rings. The van der Waals surface area contributed by atoms with Crippen molar-refractivity contribution in [2.24, 2.45) is 5.92 Å². The standard InChI is InChI=1S/C23H23F3N2O3/c24-18-12-11-17(14-19(18)28-22(30)16-7-2-1-3-8-16)27-21(29)13-10-15-6-4-5-9-20(15)31-23(25)26/h4-6,9-14,16,23H,1-3,7-8H2,(H,27,29)(H,28,30)/b13-10+. The first-order valence-corrected chi connectivity index (χ1v) is 10.1. The second-order valence-corrected chi connectivity index (χ2v) is 7.26. The van der Waals surface area contributed by atoms with Crippen molar-refractivity contribution < 1.29 is 27.5 Å². The molecule has 31 heavy (non-hydrogen) atoms. The summed E-state index contributed by atoms with van der Waals surface area (Å²) in [4.78, 5) is 24.6. The number of ether oxygens (including phenoxy) is 1. The van der Waals surface area contributed by atoms with Gasteiger partial charge >= 0.3 is 6.61 Å². The highest BCUT2D eigenvalue weighted by Gasteiger charge is 2.22. The van der Waals surface area contributed by atoms with E-state index in [9.17, 15) is 22.8 Å². The first kappa shape index (κ1) is 22.4. The van der Waals surface area contributed by atoms with Crippen molar-refractivity contribution in [1.82, 2.24) is 0 Å². The van der Waals surface area contributed by atoms with Crippen LogP contribution in [0.15, 0.2) is 48.5 Å². The van der Waals surface area contributed by atoms with Gasteiger partial charge in [-0.1, -0.05) is 37.5 Å². The molecular formula is C23H23F3N2O3. The quantitative estimate of drug-likeness (QED) is 0.560. The molecule has 0 bridgehead atoms. The van der Waals surface area contributed by atoms with Gasteiger partial charge in [0, 0.05) is 23.2 Å². The Morgan fingerprint density at radius 2 is 1.77 bits per heavy atom. The second kappa shape index (κ2) is 10.7. The van der Waals surface area contributed by atoms with Crippen LogP contribution in [0.4, 0.5) is 24.5 Å². The van der Waals surface area contributed by atoms with Crippen LogP contribution >= 0.6 is 0 Å². The molecule has 1 aliphatic carbocycles. The molecule has 0 heterocycles. The number of rotatable bonds is 7. The van der Waals surface area contributed by atoms with Crippen LogP contribution in [0, 0.1) is 11.7 Å². The molecule has 0 aliphatic heterocycles. The lowest BCUT2D eigenvalue weighted by molar-refractivity contribution is -0.120. The fourth-order valence-electron chi connectivity index (χ4n) is 3.47. The van der Waals surface area contributed by atoms with Crippen LogP contribution in [-0.4, -0.2) is 18.4 Å². The maximum absolute atomic E-state index is 14.1. The predicted molar refractivity (Wildman–Crippen MR) is 112 cm³/mol. The van der Waals surface area contributed by atoms with Crippen molar-refractivity contribution in [3.63, 3.8) is 0 Å². The van der Waals surface area contributed by atoms with Crippen LogP contribution in [0.3, 0.4) is 0 Å². The minimum absolute atomic E-state index is 0.00645. The van der Waals surface area contributed by atoms with E-state index < -0.39 is 18.3 Å². The highest BCUT2D eigenvalue weighted by atomic mass is 19.3. The van der Waals surface area contributed by atoms with Gasteiger partial charge in [-0.3, -0.25) is 9.59 Å². The fourth-order valence-corrected chi connectivity index (χ4v) is 3.47. The molecule has 0 spiro atoms. The predicted octanol–water partition coefficient (Wildman–Crippen LogP) is 5.60. The van der Waals surface area contributed by atoms with Crippen LogP contribution in [-0.2, 0) is 9.59 Å². The molecule has 2 aromatic rings. The summed E-state index contributed by atoms with van der Waals surface area (Å²) in [6.45, 7) is -2.98. The van der Waals surface area contributed by atoms with E-state index in [0.717, 1.165) is 44.2 Å². The van der Waals surface area contributed by atoms with E-state index in [4.69, 9.17) is 0 Å². The molecule has 1 saturated carbocycles. The van der Waals surface area contributed by atoms with Gasteiger partial charge < -0.3 is 15.4 Å². The number of amides is 2. The Morgan fingerprint density at radius 1 is 1.03 bits per heavy atom. The lowest BCUT2D eigenvalue weighted by Gasteiger charge is -2.21. The Kier molecular flexibility index (Phi) is 7.70. The molecule has 3 rings (SSSR count). The average Bonchev–Trinajstić information content (AvgIpc) is 2.75. The Morgan fingerprint density at radius 3 is 2.52 bits per heavy atom. The number of nitrogens with one attached hydrogen (secondary N) is 2. The third-order valence-electron chi connectivity index (χ3n) is 5.02. The van der Waals surface area contributed by atoms with Crippen molar-refractivity contribution in [2.75, 3.05) is 10.6 Å². The van der Waals surface area contributed by atoms with E-state index in [1.54, 1.807) is 6.07 Å². The summed E-state index contributed by atoms with van der Waals surface area (Å²) in [5.41, 5.74) is 0.581. The number of hydrogen-bond donors (Lipinski definition) is 2. The molecule has 1 aliphatic rings. The van der Waals surface area contributed by atoms with Crippen LogP contribution in [0.5, 0.6) is 5.75 Å². The molecule has 2 aromatic carbocycles. The van der Waals surface area contributed by atoms with E-state index in [0.29, 0.717) is 5.56 Å². The van der Waals surface area contributed by atoms with Gasteiger partial charge in [-0.05, 0) is 43.2 Å². The molecule has 0 aromatic heterocycles. The Balaban J connectivity index is 1.65. The van der Waals surface area contributed by atoms with Crippen LogP contribution < -0.4 is 15.4 Å². The summed E-state index contributed by atoms with van der Waals surface area (Å²) >= 11 is 0. The smallest absolute Gasteiger partial charge is 0.387 e. The number of alkyl halides is 2. The summed E-state index contributed by atoms with van der Waals surface area (Å²) < 4.78 is 43.5. The molecule has 8 heteroatoms. The Bertz CT molecular complexity index is 957. The lowest BCUT2D eigenvalue weighted by atomic mass is 9.88. The first-order valence-electron chi connectivity index (χ1n) is 10.1. The molecule has 0 atom stereocenters. The number of carbonyl (C=O) groups excluding carboxylic acids is 2. The molecule has 0 unspecified atom stereocenters. The summed E-state index contributed by atoms with van der Waals surface area (Å²) in [5.74, 6) is -1.57. The van der Waals surface area contributed by atoms with Gasteiger partial charge in [0.25, 0.3) is 0 Å². The summed E-state index contributed by atoms with van der Waals surface area (Å²) in [5, 5.41) is 5.17. The van der Waals surface area contributed by atoms with Gasteiger partial charge in [0.15, 0.2) is 0 Å². The van der Waals surface area contributed by atoms with Crippen molar-refractivity contribution >= 4 is 29.3 Å². The van der Waals surface area contributed by atoms with Gasteiger partial charge in [0.05, 0.1) is 5.69 Å². The van der Waals surface area contributed by atoms with E-state index >= 15 is 0 Å². The fraction of sp³-hybridized carbons (Fsp3) is 0.304. The third kappa shape index (κ3) is 6.60. The van der Waals surface area contributed by atoms with E-state index in [2.05, 4.69) is 15.4 Å². The van der Waals surface area contributed by atoms with Crippen molar-refractivity contribution in [1.29, 1.82) is 0 Å². The molecule has 2 N–H and O–H groups in total. The van der Waals surface area contributed by atoms with Crippen LogP contribution in [0.25, 0.3) is 6.08 Å². The number of anilines is 2. The third-order valence-corrected chi connectivity index (χ3v) is 5.02. The summed E-state index contributed by atoms with van der Waals surface area (Å²) in [6, 6.07) is 9.92. The molecular weight excluding hydrogens is 409 g/mol. The van der Waals surface area contributed by atoms with Crippen LogP contribution in [0.1, 0.15) is 37.7 Å². The molecule has 2 amide bonds. The van der Waals surface area contributed by atoms with Crippen molar-refractivity contribution in [2.45, 2.75) is 38.7 Å². The molecule has 5 nitrogen and oxygen atoms in total. The number of hydrogen-bond acceptors (Lipinski definition) is 3. The second-order valence-electron chi connectivity index (χ2n) is 7.26. The zero-order valence-electron chi connectivity index (χ0n) is 16.7. The number of benzene rings is 2. The molecule has 0 saturated heterocycles. The molecule has 0 radical (unpaired) electrons. The van der Waals surface area contributed by atoms with Gasteiger partial charge in [0.2, 0.25) is 11.8 Å². The topological polar surface area (TPSA) is 67.4 Å². The zero-order valence-corrected chi connectivity index (χ0v) is 16.7. The Labute approximate surface area is 178 Å². The normalized spacial score (nSPS) is 14.6. The summed E-state index contributed by atoms with van der Waals surface area (Å²) in [6.07, 6.45) is 7.12. The maximum Gasteiger partial charge on any atom is 0.387 e. The highest BCUT2D eigenvalue weighted by Crippen LogP contribution is 2.27. The first-order chi connectivity index (χ1) is 14.9. The largest absolute Gasteiger partial charge is 0.434 e. The van der Waals surface area contributed by atoms with E-state index in [1.807, 2.05) is 0 Å². The van der Waals surface area contributed by atoms with Crippen LogP contribution in [0.2, 0.25) is 0 Å². The Hall–Kier alpha value is -3.29. The number of carbonyl (C=O) groups is 2. The average molecular weight is 432 g/mol. The minimum atomic E-state index is -2.98. The van der Waals surface area contributed by atoms with Gasteiger partial charge in [0.1, 0.15) is 11.6 Å². The lowest BCUT2D eigenvalue weighted by Crippen LogP contribution is -2.25. The maximum atomic E-state index is 14.1. The monoisotopic (exact) mass is 432 g/mol. The van der Waals surface area contributed by atoms with Crippen molar-refractivity contribution in [3.05, 3.63) is 59.9 Å². The van der Waals surface area contributed by atoms with Gasteiger partial charge in [-0.2, -0.15) is 8.78 Å². The minimum Gasteiger partial charge on any atom is -0.434 e. The van der Waals surface area contributed by atoms with E-state index in [-0.39, 0.29) is 28.9 Å². The van der Waals surface area contributed by atoms with Gasteiger partial charge in [-0.15, -0.1) is 0 Å². The van der Waals surface area contributed by atoms with Gasteiger partial charge in [-0.25, -0.2) is 4.39 Å². The SMILES string of the molecule is O=C(/C=C/c1ccccc1OC(F)F)Nc1ccc(F)c(NC(=O)C2CCCCC2)c1. The van der Waals surface area contributed by atoms with Crippen molar-refractivity contribution in [3.8, 4) is 5.75 Å². The van der Waals surface area contributed by atoms with E-state index in [1.165, 1.54) is 36.4 Å². The number of para-hydroxylation sites is 1. The molecule has 164 valence electrons. The highest BCUT2D eigenvalue weighted by molar-refractivity contribution is 6.02. The summed E-state index contributed by atoms with van der Waals surface area (Å²) in [7, 11) is 0. The number of halogens is 3. The zero-order chi connectivity index (χ0) is 22.2.